The minimum absolute atomic E-state index is 0.0712. The number of hydrogen-bond acceptors (Lipinski definition) is 3. The molecule has 2 rings (SSSR count). The van der Waals surface area contributed by atoms with Gasteiger partial charge in [-0.1, -0.05) is 6.07 Å². The van der Waals surface area contributed by atoms with Crippen LogP contribution in [0.2, 0.25) is 0 Å². The van der Waals surface area contributed by atoms with Crippen molar-refractivity contribution in [3.8, 4) is 0 Å². The Bertz CT molecular complexity index is 510. The molecular formula is C15H21N3O2. The highest BCUT2D eigenvalue weighted by Gasteiger charge is 2.22. The molecule has 1 aliphatic carbocycles. The highest BCUT2D eigenvalue weighted by molar-refractivity contribution is 5.96. The molecule has 5 heteroatoms. The lowest BCUT2D eigenvalue weighted by molar-refractivity contribution is -0.121. The fourth-order valence-electron chi connectivity index (χ4n) is 1.96. The van der Waals surface area contributed by atoms with Gasteiger partial charge < -0.3 is 16.4 Å². The number of benzene rings is 1. The number of amides is 2. The molecule has 20 heavy (non-hydrogen) atoms. The van der Waals surface area contributed by atoms with E-state index in [1.165, 1.54) is 0 Å². The first-order valence-electron chi connectivity index (χ1n) is 7.00. The molecule has 0 unspecified atom stereocenters. The van der Waals surface area contributed by atoms with E-state index in [1.54, 1.807) is 12.1 Å². The van der Waals surface area contributed by atoms with Crippen molar-refractivity contribution >= 4 is 17.5 Å². The SMILES string of the molecule is Cc1ccc(N)cc1C(=O)NCCCC(=O)NC1CC1. The third-order valence-electron chi connectivity index (χ3n) is 3.31. The maximum atomic E-state index is 12.0. The van der Waals surface area contributed by atoms with Gasteiger partial charge in [-0.2, -0.15) is 0 Å². The van der Waals surface area contributed by atoms with Gasteiger partial charge in [0.05, 0.1) is 0 Å². The number of anilines is 1. The second-order valence-electron chi connectivity index (χ2n) is 5.28. The van der Waals surface area contributed by atoms with Gasteiger partial charge in [0.1, 0.15) is 0 Å². The topological polar surface area (TPSA) is 84.2 Å². The first-order valence-corrected chi connectivity index (χ1v) is 7.00. The smallest absolute Gasteiger partial charge is 0.251 e. The normalized spacial score (nSPS) is 13.8. The summed E-state index contributed by atoms with van der Waals surface area (Å²) >= 11 is 0. The van der Waals surface area contributed by atoms with Crippen molar-refractivity contribution in [2.75, 3.05) is 12.3 Å². The maximum Gasteiger partial charge on any atom is 0.251 e. The summed E-state index contributed by atoms with van der Waals surface area (Å²) in [5.41, 5.74) is 7.73. The van der Waals surface area contributed by atoms with E-state index in [1.807, 2.05) is 13.0 Å². The average Bonchev–Trinajstić information content (AvgIpc) is 3.21. The predicted molar refractivity (Wildman–Crippen MR) is 78.3 cm³/mol. The van der Waals surface area contributed by atoms with Crippen LogP contribution in [0.3, 0.4) is 0 Å². The Morgan fingerprint density at radius 3 is 2.80 bits per heavy atom. The van der Waals surface area contributed by atoms with Gasteiger partial charge in [-0.3, -0.25) is 9.59 Å². The third-order valence-corrected chi connectivity index (χ3v) is 3.31. The van der Waals surface area contributed by atoms with Gasteiger partial charge in [0.2, 0.25) is 5.91 Å². The second-order valence-corrected chi connectivity index (χ2v) is 5.28. The van der Waals surface area contributed by atoms with Crippen LogP contribution in [-0.2, 0) is 4.79 Å². The molecule has 0 saturated heterocycles. The molecule has 2 amide bonds. The molecule has 5 nitrogen and oxygen atoms in total. The van der Waals surface area contributed by atoms with Crippen LogP contribution in [0.5, 0.6) is 0 Å². The van der Waals surface area contributed by atoms with E-state index in [0.29, 0.717) is 36.7 Å². The first-order chi connectivity index (χ1) is 9.56. The van der Waals surface area contributed by atoms with Gasteiger partial charge in [-0.25, -0.2) is 0 Å². The van der Waals surface area contributed by atoms with Gasteiger partial charge in [0.15, 0.2) is 0 Å². The van der Waals surface area contributed by atoms with Gasteiger partial charge in [-0.15, -0.1) is 0 Å². The third kappa shape index (κ3) is 4.26. The summed E-state index contributed by atoms with van der Waals surface area (Å²) in [6.07, 6.45) is 3.28. The van der Waals surface area contributed by atoms with E-state index >= 15 is 0 Å². The summed E-state index contributed by atoms with van der Waals surface area (Å²) in [6.45, 7) is 2.36. The van der Waals surface area contributed by atoms with Crippen LogP contribution in [-0.4, -0.2) is 24.4 Å². The first kappa shape index (κ1) is 14.4. The molecule has 0 aliphatic heterocycles. The lowest BCUT2D eigenvalue weighted by Gasteiger charge is -2.08. The van der Waals surface area contributed by atoms with E-state index in [9.17, 15) is 9.59 Å². The Morgan fingerprint density at radius 2 is 2.10 bits per heavy atom. The van der Waals surface area contributed by atoms with E-state index in [2.05, 4.69) is 10.6 Å². The Hall–Kier alpha value is -2.04. The molecule has 108 valence electrons. The molecule has 0 aromatic heterocycles. The van der Waals surface area contributed by atoms with E-state index < -0.39 is 0 Å². The molecular weight excluding hydrogens is 254 g/mol. The van der Waals surface area contributed by atoms with Crippen LogP contribution in [0.25, 0.3) is 0 Å². The maximum absolute atomic E-state index is 12.0. The molecule has 1 saturated carbocycles. The van der Waals surface area contributed by atoms with Gasteiger partial charge in [0, 0.05) is 30.3 Å². The molecule has 1 aromatic carbocycles. The van der Waals surface area contributed by atoms with Crippen molar-refractivity contribution in [3.63, 3.8) is 0 Å². The molecule has 1 aliphatic rings. The van der Waals surface area contributed by atoms with Crippen LogP contribution in [0.4, 0.5) is 5.69 Å². The summed E-state index contributed by atoms with van der Waals surface area (Å²) in [6, 6.07) is 5.67. The Labute approximate surface area is 118 Å². The highest BCUT2D eigenvalue weighted by Crippen LogP contribution is 2.18. The summed E-state index contributed by atoms with van der Waals surface area (Å²) in [7, 11) is 0. The number of aryl methyl sites for hydroxylation is 1. The Kier molecular flexibility index (Phi) is 4.61. The van der Waals surface area contributed by atoms with Gasteiger partial charge in [-0.05, 0) is 43.9 Å². The predicted octanol–water partition coefficient (Wildman–Crippen LogP) is 1.37. The van der Waals surface area contributed by atoms with Crippen LogP contribution in [0.1, 0.15) is 41.6 Å². The summed E-state index contributed by atoms with van der Waals surface area (Å²) in [4.78, 5) is 23.4. The van der Waals surface area contributed by atoms with Gasteiger partial charge >= 0.3 is 0 Å². The van der Waals surface area contributed by atoms with E-state index in [4.69, 9.17) is 5.73 Å². The minimum atomic E-state index is -0.141. The highest BCUT2D eigenvalue weighted by atomic mass is 16.2. The van der Waals surface area contributed by atoms with Crippen molar-refractivity contribution in [3.05, 3.63) is 29.3 Å². The number of nitrogens with one attached hydrogen (secondary N) is 2. The number of rotatable bonds is 6. The quantitative estimate of drug-likeness (QED) is 0.541. The molecule has 1 aromatic rings. The number of nitrogens with two attached hydrogens (primary N) is 1. The zero-order valence-electron chi connectivity index (χ0n) is 11.7. The molecule has 4 N–H and O–H groups in total. The number of carbonyl (C=O) groups is 2. The monoisotopic (exact) mass is 275 g/mol. The fraction of sp³-hybridized carbons (Fsp3) is 0.467. The van der Waals surface area contributed by atoms with E-state index in [-0.39, 0.29) is 11.8 Å². The van der Waals surface area contributed by atoms with Crippen molar-refractivity contribution in [1.29, 1.82) is 0 Å². The van der Waals surface area contributed by atoms with Crippen LogP contribution in [0, 0.1) is 6.92 Å². The molecule has 0 bridgehead atoms. The fourth-order valence-corrected chi connectivity index (χ4v) is 1.96. The van der Waals surface area contributed by atoms with Crippen LogP contribution in [0.15, 0.2) is 18.2 Å². The molecule has 0 spiro atoms. The van der Waals surface area contributed by atoms with Crippen LogP contribution >= 0.6 is 0 Å². The van der Waals surface area contributed by atoms with E-state index in [0.717, 1.165) is 18.4 Å². The summed E-state index contributed by atoms with van der Waals surface area (Å²) < 4.78 is 0. The summed E-state index contributed by atoms with van der Waals surface area (Å²) in [5.74, 6) is -0.0701. The molecule has 0 radical (unpaired) electrons. The van der Waals surface area contributed by atoms with Crippen molar-refractivity contribution in [1.82, 2.24) is 10.6 Å². The lowest BCUT2D eigenvalue weighted by Crippen LogP contribution is -2.28. The second kappa shape index (κ2) is 6.41. The minimum Gasteiger partial charge on any atom is -0.399 e. The molecule has 1 fully saturated rings. The molecule has 0 heterocycles. The van der Waals surface area contributed by atoms with Gasteiger partial charge in [0.25, 0.3) is 5.91 Å². The van der Waals surface area contributed by atoms with Crippen molar-refractivity contribution in [2.45, 2.75) is 38.6 Å². The number of hydrogen-bond donors (Lipinski definition) is 3. The average molecular weight is 275 g/mol. The summed E-state index contributed by atoms with van der Waals surface area (Å²) in [5, 5.41) is 5.74. The Morgan fingerprint density at radius 1 is 1.35 bits per heavy atom. The van der Waals surface area contributed by atoms with Crippen molar-refractivity contribution in [2.24, 2.45) is 0 Å². The zero-order valence-corrected chi connectivity index (χ0v) is 11.7. The Balaban J connectivity index is 1.71. The zero-order chi connectivity index (χ0) is 14.5. The van der Waals surface area contributed by atoms with Crippen LogP contribution < -0.4 is 16.4 Å². The number of carbonyl (C=O) groups excluding carboxylic acids is 2. The van der Waals surface area contributed by atoms with Crippen molar-refractivity contribution < 1.29 is 9.59 Å². The molecule has 0 atom stereocenters. The standard InChI is InChI=1S/C15H21N3O2/c1-10-4-5-11(16)9-13(10)15(20)17-8-2-3-14(19)18-12-6-7-12/h4-5,9,12H,2-3,6-8,16H2,1H3,(H,17,20)(H,18,19). The largest absolute Gasteiger partial charge is 0.399 e. The lowest BCUT2D eigenvalue weighted by atomic mass is 10.1. The number of nitrogen functional groups attached to an aromatic ring is 1.